The standard InChI is InChI=1S/C20H24O2Si/c1-16-9-8-10-17(13-16)14-18(20(21)22-2)15-23(3,4)19-11-6-5-7-12-19/h5-14H,15H2,1-4H3/b18-14-. The van der Waals surface area contributed by atoms with Crippen LogP contribution >= 0.6 is 0 Å². The van der Waals surface area contributed by atoms with Crippen LogP contribution in [0.4, 0.5) is 0 Å². The van der Waals surface area contributed by atoms with Gasteiger partial charge in [0, 0.05) is 5.57 Å². The van der Waals surface area contributed by atoms with Gasteiger partial charge in [-0.25, -0.2) is 4.79 Å². The van der Waals surface area contributed by atoms with Gasteiger partial charge < -0.3 is 4.74 Å². The SMILES string of the molecule is COC(=O)/C(=C\c1cccc(C)c1)C[Si](C)(C)c1ccccc1. The average Bonchev–Trinajstić information content (AvgIpc) is 2.54. The highest BCUT2D eigenvalue weighted by atomic mass is 28.3. The van der Waals surface area contributed by atoms with Gasteiger partial charge in [0.05, 0.1) is 15.2 Å². The van der Waals surface area contributed by atoms with E-state index in [0.717, 1.165) is 17.2 Å². The van der Waals surface area contributed by atoms with Crippen LogP contribution in [0.25, 0.3) is 6.08 Å². The number of benzene rings is 2. The van der Waals surface area contributed by atoms with Crippen LogP contribution in [-0.2, 0) is 9.53 Å². The summed E-state index contributed by atoms with van der Waals surface area (Å²) in [7, 11) is -0.310. The first-order valence-corrected chi connectivity index (χ1v) is 11.0. The van der Waals surface area contributed by atoms with Crippen LogP contribution in [0.1, 0.15) is 11.1 Å². The summed E-state index contributed by atoms with van der Waals surface area (Å²) in [6, 6.07) is 19.4. The van der Waals surface area contributed by atoms with E-state index in [1.807, 2.05) is 24.3 Å². The maximum absolute atomic E-state index is 12.2. The van der Waals surface area contributed by atoms with Gasteiger partial charge in [-0.05, 0) is 24.6 Å². The number of rotatable bonds is 5. The third-order valence-corrected chi connectivity index (χ3v) is 7.18. The maximum Gasteiger partial charge on any atom is 0.333 e. The molecule has 0 aromatic heterocycles. The topological polar surface area (TPSA) is 26.3 Å². The summed E-state index contributed by atoms with van der Waals surface area (Å²) in [5.41, 5.74) is 2.98. The third-order valence-electron chi connectivity index (χ3n) is 4.02. The molecule has 2 aromatic rings. The fourth-order valence-corrected chi connectivity index (χ4v) is 5.24. The summed E-state index contributed by atoms with van der Waals surface area (Å²) >= 11 is 0. The van der Waals surface area contributed by atoms with Crippen molar-refractivity contribution in [3.05, 3.63) is 71.3 Å². The number of esters is 1. The molecule has 0 aliphatic carbocycles. The molecular weight excluding hydrogens is 300 g/mol. The van der Waals surface area contributed by atoms with Crippen molar-refractivity contribution in [1.29, 1.82) is 0 Å². The highest BCUT2D eigenvalue weighted by molar-refractivity contribution is 6.90. The summed E-state index contributed by atoms with van der Waals surface area (Å²) in [6.07, 6.45) is 1.97. The van der Waals surface area contributed by atoms with Gasteiger partial charge >= 0.3 is 5.97 Å². The maximum atomic E-state index is 12.2. The van der Waals surface area contributed by atoms with Crippen LogP contribution in [0, 0.1) is 6.92 Å². The van der Waals surface area contributed by atoms with E-state index in [2.05, 4.69) is 56.4 Å². The van der Waals surface area contributed by atoms with Crippen molar-refractivity contribution < 1.29 is 9.53 Å². The Morgan fingerprint density at radius 3 is 2.39 bits per heavy atom. The highest BCUT2D eigenvalue weighted by Gasteiger charge is 2.27. The lowest BCUT2D eigenvalue weighted by atomic mass is 10.1. The van der Waals surface area contributed by atoms with Gasteiger partial charge in [-0.15, -0.1) is 0 Å². The molecule has 3 heteroatoms. The molecule has 0 aliphatic rings. The molecule has 0 radical (unpaired) electrons. The van der Waals surface area contributed by atoms with E-state index in [9.17, 15) is 4.79 Å². The minimum Gasteiger partial charge on any atom is -0.466 e. The zero-order chi connectivity index (χ0) is 16.9. The summed E-state index contributed by atoms with van der Waals surface area (Å²) in [6.45, 7) is 6.63. The van der Waals surface area contributed by atoms with Crippen molar-refractivity contribution in [2.24, 2.45) is 0 Å². The first kappa shape index (κ1) is 17.2. The van der Waals surface area contributed by atoms with Crippen molar-refractivity contribution in [1.82, 2.24) is 0 Å². The zero-order valence-corrected chi connectivity index (χ0v) is 15.3. The minimum absolute atomic E-state index is 0.233. The molecule has 0 aliphatic heterocycles. The largest absolute Gasteiger partial charge is 0.466 e. The van der Waals surface area contributed by atoms with E-state index in [-0.39, 0.29) is 5.97 Å². The predicted molar refractivity (Wildman–Crippen MR) is 99.5 cm³/mol. The lowest BCUT2D eigenvalue weighted by Crippen LogP contribution is -2.42. The Balaban J connectivity index is 2.35. The summed E-state index contributed by atoms with van der Waals surface area (Å²) < 4.78 is 5.01. The van der Waals surface area contributed by atoms with Crippen molar-refractivity contribution >= 4 is 25.3 Å². The second-order valence-corrected chi connectivity index (χ2v) is 11.2. The van der Waals surface area contributed by atoms with Gasteiger partial charge in [-0.3, -0.25) is 0 Å². The minimum atomic E-state index is -1.76. The summed E-state index contributed by atoms with van der Waals surface area (Å²) in [4.78, 5) is 12.2. The predicted octanol–water partition coefficient (Wildman–Crippen LogP) is 4.17. The Hall–Kier alpha value is -2.13. The van der Waals surface area contributed by atoms with Gasteiger partial charge in [0.15, 0.2) is 0 Å². The van der Waals surface area contributed by atoms with Gasteiger partial charge in [-0.1, -0.05) is 78.4 Å². The number of ether oxygens (including phenoxy) is 1. The number of hydrogen-bond donors (Lipinski definition) is 0. The average molecular weight is 324 g/mol. The Morgan fingerprint density at radius 1 is 1.09 bits per heavy atom. The first-order valence-electron chi connectivity index (χ1n) is 7.83. The molecular formula is C20H24O2Si. The van der Waals surface area contributed by atoms with Crippen LogP contribution in [0.5, 0.6) is 0 Å². The van der Waals surface area contributed by atoms with E-state index in [1.165, 1.54) is 17.9 Å². The lowest BCUT2D eigenvalue weighted by Gasteiger charge is -2.23. The molecule has 0 saturated heterocycles. The Bertz CT molecular complexity index is 703. The van der Waals surface area contributed by atoms with E-state index in [4.69, 9.17) is 4.74 Å². The molecule has 2 aromatic carbocycles. The van der Waals surface area contributed by atoms with Crippen LogP contribution in [0.15, 0.2) is 60.2 Å². The molecule has 2 nitrogen and oxygen atoms in total. The smallest absolute Gasteiger partial charge is 0.333 e. The summed E-state index contributed by atoms with van der Waals surface area (Å²) in [5, 5.41) is 1.35. The molecule has 0 atom stereocenters. The molecule has 0 heterocycles. The molecule has 0 saturated carbocycles. The Labute approximate surface area is 139 Å². The van der Waals surface area contributed by atoms with Crippen LogP contribution in [0.2, 0.25) is 19.1 Å². The van der Waals surface area contributed by atoms with Crippen molar-refractivity contribution in [3.8, 4) is 0 Å². The molecule has 120 valence electrons. The Kier molecular flexibility index (Phi) is 5.56. The molecule has 0 bridgehead atoms. The summed E-state index contributed by atoms with van der Waals surface area (Å²) in [5.74, 6) is -0.233. The number of carbonyl (C=O) groups excluding carboxylic acids is 1. The van der Waals surface area contributed by atoms with Crippen molar-refractivity contribution in [2.75, 3.05) is 7.11 Å². The van der Waals surface area contributed by atoms with Crippen molar-refractivity contribution in [3.63, 3.8) is 0 Å². The zero-order valence-electron chi connectivity index (χ0n) is 14.3. The fourth-order valence-electron chi connectivity index (χ4n) is 2.74. The fraction of sp³-hybridized carbons (Fsp3) is 0.250. The van der Waals surface area contributed by atoms with Crippen LogP contribution in [-0.4, -0.2) is 21.2 Å². The van der Waals surface area contributed by atoms with Gasteiger partial charge in [0.1, 0.15) is 0 Å². The third kappa shape index (κ3) is 4.67. The molecule has 0 N–H and O–H groups in total. The number of carbonyl (C=O) groups is 1. The van der Waals surface area contributed by atoms with E-state index >= 15 is 0 Å². The number of aryl methyl sites for hydroxylation is 1. The van der Waals surface area contributed by atoms with Crippen molar-refractivity contribution in [2.45, 2.75) is 26.1 Å². The second-order valence-electron chi connectivity index (χ2n) is 6.50. The van der Waals surface area contributed by atoms with E-state index < -0.39 is 8.07 Å². The molecule has 23 heavy (non-hydrogen) atoms. The van der Waals surface area contributed by atoms with E-state index in [1.54, 1.807) is 0 Å². The first-order chi connectivity index (χ1) is 10.9. The van der Waals surface area contributed by atoms with Gasteiger partial charge in [0.2, 0.25) is 0 Å². The van der Waals surface area contributed by atoms with Crippen LogP contribution < -0.4 is 5.19 Å². The van der Waals surface area contributed by atoms with Crippen LogP contribution in [0.3, 0.4) is 0 Å². The molecule has 0 unspecified atom stereocenters. The molecule has 0 fully saturated rings. The van der Waals surface area contributed by atoms with Gasteiger partial charge in [-0.2, -0.15) is 0 Å². The number of methoxy groups -OCH3 is 1. The highest BCUT2D eigenvalue weighted by Crippen LogP contribution is 2.21. The number of hydrogen-bond acceptors (Lipinski definition) is 2. The molecule has 0 amide bonds. The normalized spacial score (nSPS) is 12.1. The van der Waals surface area contributed by atoms with E-state index in [0.29, 0.717) is 0 Å². The lowest BCUT2D eigenvalue weighted by molar-refractivity contribution is -0.135. The monoisotopic (exact) mass is 324 g/mol. The molecule has 0 spiro atoms. The Morgan fingerprint density at radius 2 is 1.78 bits per heavy atom. The quantitative estimate of drug-likeness (QED) is 0.469. The molecule has 2 rings (SSSR count). The van der Waals surface area contributed by atoms with Gasteiger partial charge in [0.25, 0.3) is 0 Å². The second kappa shape index (κ2) is 7.42.